The molecular formula is C24H29N3O2. The molecule has 1 aromatic heterocycles. The van der Waals surface area contributed by atoms with Crippen LogP contribution in [0, 0.1) is 5.92 Å². The number of aromatic nitrogens is 1. The molecule has 0 atom stereocenters. The number of benzene rings is 2. The highest BCUT2D eigenvalue weighted by molar-refractivity contribution is 6.05. The summed E-state index contributed by atoms with van der Waals surface area (Å²) in [4.78, 5) is 28.0. The quantitative estimate of drug-likeness (QED) is 0.566. The first-order chi connectivity index (χ1) is 13.6. The normalized spacial score (nSPS) is 11.7. The minimum absolute atomic E-state index is 0.0491. The van der Waals surface area contributed by atoms with E-state index >= 15 is 0 Å². The number of anilines is 1. The molecule has 0 saturated carbocycles. The second kappa shape index (κ2) is 8.11. The van der Waals surface area contributed by atoms with Crippen LogP contribution in [0.25, 0.3) is 10.9 Å². The van der Waals surface area contributed by atoms with Gasteiger partial charge in [-0.1, -0.05) is 46.8 Å². The average Bonchev–Trinajstić information content (AvgIpc) is 3.09. The Morgan fingerprint density at radius 2 is 1.66 bits per heavy atom. The van der Waals surface area contributed by atoms with Crippen molar-refractivity contribution in [2.45, 2.75) is 40.0 Å². The van der Waals surface area contributed by atoms with E-state index in [9.17, 15) is 9.59 Å². The first kappa shape index (κ1) is 20.6. The molecule has 5 heteroatoms. The van der Waals surface area contributed by atoms with E-state index < -0.39 is 0 Å². The first-order valence-electron chi connectivity index (χ1n) is 9.96. The maximum Gasteiger partial charge on any atom is 0.267 e. The molecule has 0 bridgehead atoms. The van der Waals surface area contributed by atoms with Crippen LogP contribution >= 0.6 is 0 Å². The van der Waals surface area contributed by atoms with Crippen LogP contribution in [0.2, 0.25) is 0 Å². The van der Waals surface area contributed by atoms with Gasteiger partial charge in [0.2, 0.25) is 0 Å². The van der Waals surface area contributed by atoms with Gasteiger partial charge < -0.3 is 15.6 Å². The van der Waals surface area contributed by atoms with Crippen LogP contribution in [-0.4, -0.2) is 23.3 Å². The van der Waals surface area contributed by atoms with Gasteiger partial charge in [0.1, 0.15) is 5.69 Å². The predicted octanol–water partition coefficient (Wildman–Crippen LogP) is 5.10. The topological polar surface area (TPSA) is 74.0 Å². The number of aromatic amines is 1. The number of nitrogens with one attached hydrogen (secondary N) is 3. The second-order valence-electron chi connectivity index (χ2n) is 8.87. The van der Waals surface area contributed by atoms with Crippen molar-refractivity contribution in [3.8, 4) is 0 Å². The molecule has 0 radical (unpaired) electrons. The number of hydrogen-bond donors (Lipinski definition) is 3. The molecule has 3 rings (SSSR count). The van der Waals surface area contributed by atoms with E-state index in [1.54, 1.807) is 6.07 Å². The number of H-pyrrole nitrogens is 1. The molecule has 3 N–H and O–H groups in total. The van der Waals surface area contributed by atoms with Gasteiger partial charge >= 0.3 is 0 Å². The zero-order chi connectivity index (χ0) is 21.2. The fourth-order valence-electron chi connectivity index (χ4n) is 3.05. The zero-order valence-corrected chi connectivity index (χ0v) is 17.7. The Morgan fingerprint density at radius 3 is 2.28 bits per heavy atom. The van der Waals surface area contributed by atoms with E-state index in [4.69, 9.17) is 0 Å². The van der Waals surface area contributed by atoms with Crippen LogP contribution in [0.3, 0.4) is 0 Å². The number of carbonyl (C=O) groups is 2. The number of carbonyl (C=O) groups excluding carboxylic acids is 2. The monoisotopic (exact) mass is 391 g/mol. The number of rotatable bonds is 5. The van der Waals surface area contributed by atoms with Gasteiger partial charge in [0, 0.05) is 28.7 Å². The first-order valence-corrected chi connectivity index (χ1v) is 9.96. The number of hydrogen-bond acceptors (Lipinski definition) is 2. The summed E-state index contributed by atoms with van der Waals surface area (Å²) in [6, 6.07) is 15.1. The van der Waals surface area contributed by atoms with Crippen molar-refractivity contribution in [2.24, 2.45) is 5.92 Å². The van der Waals surface area contributed by atoms with Crippen molar-refractivity contribution in [2.75, 3.05) is 11.9 Å². The largest absolute Gasteiger partial charge is 0.351 e. The van der Waals surface area contributed by atoms with Gasteiger partial charge in [-0.2, -0.15) is 0 Å². The highest BCUT2D eigenvalue weighted by Gasteiger charge is 2.15. The Morgan fingerprint density at radius 1 is 0.966 bits per heavy atom. The Hall–Kier alpha value is -3.08. The van der Waals surface area contributed by atoms with E-state index in [-0.39, 0.29) is 17.2 Å². The van der Waals surface area contributed by atoms with Gasteiger partial charge in [0.15, 0.2) is 0 Å². The van der Waals surface area contributed by atoms with Crippen LogP contribution < -0.4 is 10.6 Å². The van der Waals surface area contributed by atoms with Gasteiger partial charge in [-0.3, -0.25) is 9.59 Å². The van der Waals surface area contributed by atoms with Gasteiger partial charge in [0.05, 0.1) is 0 Å². The van der Waals surface area contributed by atoms with Crippen molar-refractivity contribution in [3.05, 3.63) is 65.4 Å². The molecule has 0 aliphatic rings. The lowest BCUT2D eigenvalue weighted by atomic mass is 9.87. The molecule has 29 heavy (non-hydrogen) atoms. The average molecular weight is 392 g/mol. The Bertz CT molecular complexity index is 1020. The summed E-state index contributed by atoms with van der Waals surface area (Å²) in [6.45, 7) is 11.2. The van der Waals surface area contributed by atoms with Gasteiger partial charge in [0.25, 0.3) is 11.8 Å². The molecule has 0 aliphatic heterocycles. The van der Waals surface area contributed by atoms with Crippen molar-refractivity contribution < 1.29 is 9.59 Å². The summed E-state index contributed by atoms with van der Waals surface area (Å²) >= 11 is 0. The van der Waals surface area contributed by atoms with E-state index in [0.29, 0.717) is 29.4 Å². The van der Waals surface area contributed by atoms with Gasteiger partial charge in [-0.15, -0.1) is 0 Å². The number of amides is 2. The summed E-state index contributed by atoms with van der Waals surface area (Å²) < 4.78 is 0. The smallest absolute Gasteiger partial charge is 0.267 e. The second-order valence-corrected chi connectivity index (χ2v) is 8.87. The van der Waals surface area contributed by atoms with E-state index in [1.807, 2.05) is 42.5 Å². The van der Waals surface area contributed by atoms with Crippen molar-refractivity contribution >= 4 is 28.4 Å². The molecule has 5 nitrogen and oxygen atoms in total. The van der Waals surface area contributed by atoms with Gasteiger partial charge in [-0.25, -0.2) is 0 Å². The fourth-order valence-corrected chi connectivity index (χ4v) is 3.05. The highest BCUT2D eigenvalue weighted by Crippen LogP contribution is 2.23. The third-order valence-corrected chi connectivity index (χ3v) is 4.81. The SMILES string of the molecule is CC(C)CNC(=O)c1cc2cc(NC(=O)c3ccc(C(C)(C)C)cc3)ccc2[nH]1. The van der Waals surface area contributed by atoms with Crippen LogP contribution in [0.4, 0.5) is 5.69 Å². The molecule has 2 amide bonds. The van der Waals surface area contributed by atoms with Gasteiger partial charge in [-0.05, 0) is 53.3 Å². The molecule has 0 unspecified atom stereocenters. The maximum absolute atomic E-state index is 12.6. The molecule has 1 heterocycles. The van der Waals surface area contributed by atoms with Crippen LogP contribution in [0.15, 0.2) is 48.5 Å². The summed E-state index contributed by atoms with van der Waals surface area (Å²) in [6.07, 6.45) is 0. The van der Waals surface area contributed by atoms with E-state index in [1.165, 1.54) is 5.56 Å². The van der Waals surface area contributed by atoms with Crippen molar-refractivity contribution in [1.29, 1.82) is 0 Å². The maximum atomic E-state index is 12.6. The summed E-state index contributed by atoms with van der Waals surface area (Å²) in [5.41, 5.74) is 3.91. The lowest BCUT2D eigenvalue weighted by molar-refractivity contribution is 0.0944. The van der Waals surface area contributed by atoms with E-state index in [2.05, 4.69) is 50.2 Å². The lowest BCUT2D eigenvalue weighted by Gasteiger charge is -2.19. The highest BCUT2D eigenvalue weighted by atomic mass is 16.2. The standard InChI is InChI=1S/C24H29N3O2/c1-15(2)14-25-23(29)21-13-17-12-19(10-11-20(17)27-21)26-22(28)16-6-8-18(9-7-16)24(3,4)5/h6-13,15,27H,14H2,1-5H3,(H,25,29)(H,26,28). The molecule has 0 aliphatic carbocycles. The van der Waals surface area contributed by atoms with Crippen LogP contribution in [0.1, 0.15) is 61.0 Å². The molecular weight excluding hydrogens is 362 g/mol. The summed E-state index contributed by atoms with van der Waals surface area (Å²) in [5, 5.41) is 6.71. The van der Waals surface area contributed by atoms with Crippen LogP contribution in [-0.2, 0) is 5.41 Å². The fraction of sp³-hybridized carbons (Fsp3) is 0.333. The van der Waals surface area contributed by atoms with Crippen molar-refractivity contribution in [1.82, 2.24) is 10.3 Å². The molecule has 0 spiro atoms. The van der Waals surface area contributed by atoms with Crippen molar-refractivity contribution in [3.63, 3.8) is 0 Å². The Kier molecular flexibility index (Phi) is 5.78. The summed E-state index contributed by atoms with van der Waals surface area (Å²) in [5.74, 6) is 0.109. The Labute approximate surface area is 171 Å². The number of fused-ring (bicyclic) bond motifs is 1. The molecule has 152 valence electrons. The van der Waals surface area contributed by atoms with E-state index in [0.717, 1.165) is 10.9 Å². The van der Waals surface area contributed by atoms with Crippen LogP contribution in [0.5, 0.6) is 0 Å². The third-order valence-electron chi connectivity index (χ3n) is 4.81. The zero-order valence-electron chi connectivity index (χ0n) is 17.7. The minimum atomic E-state index is -0.157. The molecule has 2 aromatic carbocycles. The predicted molar refractivity (Wildman–Crippen MR) is 119 cm³/mol. The molecule has 3 aromatic rings. The summed E-state index contributed by atoms with van der Waals surface area (Å²) in [7, 11) is 0. The molecule has 0 saturated heterocycles. The Balaban J connectivity index is 1.73. The molecule has 0 fully saturated rings. The lowest BCUT2D eigenvalue weighted by Crippen LogP contribution is -2.27. The minimum Gasteiger partial charge on any atom is -0.351 e. The third kappa shape index (κ3) is 5.05.